The van der Waals surface area contributed by atoms with Gasteiger partial charge in [0.15, 0.2) is 0 Å². The smallest absolute Gasteiger partial charge is 0.313 e. The molecule has 1 aromatic carbocycles. The molecule has 2 aromatic heterocycles. The standard InChI is InChI=1S/C21H21ClN4O3/c22-13-4-9-17-16(11-13)18(12-24-17)26-21(28)20(27)25-14-5-7-15(8-6-14)29-19-3-1-2-10-23-19/h1-4,9-12,14-15,24H,5-8H2,(H,25,27)(H,26,28)/t14-,15-. The van der Waals surface area contributed by atoms with Gasteiger partial charge in [0.05, 0.1) is 5.69 Å². The highest BCUT2D eigenvalue weighted by Crippen LogP contribution is 2.26. The third-order valence-electron chi connectivity index (χ3n) is 5.03. The summed E-state index contributed by atoms with van der Waals surface area (Å²) < 4.78 is 5.86. The van der Waals surface area contributed by atoms with Gasteiger partial charge in [0.1, 0.15) is 6.10 Å². The number of H-pyrrole nitrogens is 1. The summed E-state index contributed by atoms with van der Waals surface area (Å²) in [5.74, 6) is -0.730. The summed E-state index contributed by atoms with van der Waals surface area (Å²) in [6.45, 7) is 0. The second-order valence-corrected chi connectivity index (χ2v) is 7.52. The number of hydrogen-bond acceptors (Lipinski definition) is 4. The Bertz CT molecular complexity index is 1010. The summed E-state index contributed by atoms with van der Waals surface area (Å²) in [4.78, 5) is 31.8. The molecule has 0 aliphatic heterocycles. The fourth-order valence-electron chi connectivity index (χ4n) is 3.54. The van der Waals surface area contributed by atoms with E-state index in [0.717, 1.165) is 36.6 Å². The minimum Gasteiger partial charge on any atom is -0.474 e. The molecule has 8 heteroatoms. The van der Waals surface area contributed by atoms with E-state index in [1.165, 1.54) is 0 Å². The van der Waals surface area contributed by atoms with Crippen LogP contribution in [-0.2, 0) is 9.59 Å². The van der Waals surface area contributed by atoms with Crippen molar-refractivity contribution in [2.75, 3.05) is 5.32 Å². The lowest BCUT2D eigenvalue weighted by Gasteiger charge is -2.29. The summed E-state index contributed by atoms with van der Waals surface area (Å²) >= 11 is 6.02. The first-order valence-corrected chi connectivity index (χ1v) is 9.92. The highest BCUT2D eigenvalue weighted by Gasteiger charge is 2.26. The second-order valence-electron chi connectivity index (χ2n) is 7.08. The number of hydrogen-bond donors (Lipinski definition) is 3. The molecule has 3 N–H and O–H groups in total. The number of carbonyl (C=O) groups is 2. The van der Waals surface area contributed by atoms with Gasteiger partial charge in [-0.2, -0.15) is 0 Å². The number of nitrogens with zero attached hydrogens (tertiary/aromatic N) is 1. The summed E-state index contributed by atoms with van der Waals surface area (Å²) in [5.41, 5.74) is 1.35. The quantitative estimate of drug-likeness (QED) is 0.570. The Hall–Kier alpha value is -3.06. The van der Waals surface area contributed by atoms with Crippen LogP contribution in [0.1, 0.15) is 25.7 Å². The van der Waals surface area contributed by atoms with Crippen LogP contribution < -0.4 is 15.4 Å². The molecular weight excluding hydrogens is 392 g/mol. The van der Waals surface area contributed by atoms with Crippen LogP contribution >= 0.6 is 11.6 Å². The van der Waals surface area contributed by atoms with Crippen molar-refractivity contribution in [3.63, 3.8) is 0 Å². The molecule has 0 spiro atoms. The van der Waals surface area contributed by atoms with Crippen LogP contribution in [-0.4, -0.2) is 33.9 Å². The number of nitrogens with one attached hydrogen (secondary N) is 3. The second kappa shape index (κ2) is 8.53. The van der Waals surface area contributed by atoms with Gasteiger partial charge in [-0.3, -0.25) is 9.59 Å². The highest BCUT2D eigenvalue weighted by molar-refractivity contribution is 6.40. The minimum absolute atomic E-state index is 0.0470. The number of ether oxygens (including phenoxy) is 1. The molecule has 2 heterocycles. The number of amides is 2. The molecule has 4 rings (SSSR count). The SMILES string of the molecule is O=C(Nc1c[nH]c2ccc(Cl)cc12)C(=O)N[C@H]1CC[C@H](Oc2ccccn2)CC1. The highest BCUT2D eigenvalue weighted by atomic mass is 35.5. The Morgan fingerprint density at radius 3 is 2.69 bits per heavy atom. The topological polar surface area (TPSA) is 96.1 Å². The van der Waals surface area contributed by atoms with Crippen molar-refractivity contribution in [1.29, 1.82) is 0 Å². The zero-order valence-electron chi connectivity index (χ0n) is 15.7. The van der Waals surface area contributed by atoms with E-state index in [1.54, 1.807) is 24.5 Å². The molecule has 3 aromatic rings. The molecule has 1 aliphatic rings. The van der Waals surface area contributed by atoms with Gasteiger partial charge in [0.2, 0.25) is 5.88 Å². The fourth-order valence-corrected chi connectivity index (χ4v) is 3.71. The van der Waals surface area contributed by atoms with Gasteiger partial charge < -0.3 is 20.4 Å². The molecule has 1 saturated carbocycles. The average molecular weight is 413 g/mol. The van der Waals surface area contributed by atoms with E-state index < -0.39 is 11.8 Å². The third kappa shape index (κ3) is 4.68. The Morgan fingerprint density at radius 2 is 1.93 bits per heavy atom. The first kappa shape index (κ1) is 19.3. The number of pyridine rings is 1. The van der Waals surface area contributed by atoms with E-state index in [4.69, 9.17) is 16.3 Å². The molecule has 29 heavy (non-hydrogen) atoms. The van der Waals surface area contributed by atoms with E-state index in [2.05, 4.69) is 20.6 Å². The summed E-state index contributed by atoms with van der Waals surface area (Å²) in [5, 5.41) is 6.78. The summed E-state index contributed by atoms with van der Waals surface area (Å²) in [6.07, 6.45) is 6.50. The molecule has 0 bridgehead atoms. The number of rotatable bonds is 4. The normalized spacial score (nSPS) is 18.9. The van der Waals surface area contributed by atoms with Crippen molar-refractivity contribution in [3.8, 4) is 5.88 Å². The van der Waals surface area contributed by atoms with Crippen molar-refractivity contribution in [2.45, 2.75) is 37.8 Å². The van der Waals surface area contributed by atoms with Crippen LogP contribution in [0, 0.1) is 0 Å². The van der Waals surface area contributed by atoms with Crippen LogP contribution in [0.25, 0.3) is 10.9 Å². The predicted molar refractivity (Wildman–Crippen MR) is 111 cm³/mol. The van der Waals surface area contributed by atoms with Crippen LogP contribution in [0.4, 0.5) is 5.69 Å². The van der Waals surface area contributed by atoms with Gasteiger partial charge in [-0.15, -0.1) is 0 Å². The first-order chi connectivity index (χ1) is 14.1. The molecule has 0 saturated heterocycles. The number of halogens is 1. The lowest BCUT2D eigenvalue weighted by Crippen LogP contribution is -2.44. The molecule has 7 nitrogen and oxygen atoms in total. The van der Waals surface area contributed by atoms with E-state index in [9.17, 15) is 9.59 Å². The lowest BCUT2D eigenvalue weighted by atomic mass is 9.93. The molecule has 1 aliphatic carbocycles. The minimum atomic E-state index is -0.697. The molecule has 1 fully saturated rings. The van der Waals surface area contributed by atoms with Crippen LogP contribution in [0.5, 0.6) is 5.88 Å². The Kier molecular flexibility index (Phi) is 5.67. The van der Waals surface area contributed by atoms with Crippen molar-refractivity contribution in [1.82, 2.24) is 15.3 Å². The van der Waals surface area contributed by atoms with E-state index in [-0.39, 0.29) is 12.1 Å². The third-order valence-corrected chi connectivity index (χ3v) is 5.27. The van der Waals surface area contributed by atoms with Crippen molar-refractivity contribution in [2.24, 2.45) is 0 Å². The number of benzene rings is 1. The molecule has 0 radical (unpaired) electrons. The monoisotopic (exact) mass is 412 g/mol. The summed E-state index contributed by atoms with van der Waals surface area (Å²) in [7, 11) is 0. The van der Waals surface area contributed by atoms with Crippen LogP contribution in [0.3, 0.4) is 0 Å². The molecule has 150 valence electrons. The molecule has 0 atom stereocenters. The number of carbonyl (C=O) groups excluding carboxylic acids is 2. The largest absolute Gasteiger partial charge is 0.474 e. The molecule has 2 amide bonds. The maximum Gasteiger partial charge on any atom is 0.313 e. The van der Waals surface area contributed by atoms with Crippen LogP contribution in [0.2, 0.25) is 5.02 Å². The lowest BCUT2D eigenvalue weighted by molar-refractivity contribution is -0.136. The van der Waals surface area contributed by atoms with Crippen molar-refractivity contribution >= 4 is 40.0 Å². The number of aromatic nitrogens is 2. The van der Waals surface area contributed by atoms with E-state index in [0.29, 0.717) is 16.6 Å². The van der Waals surface area contributed by atoms with Gasteiger partial charge >= 0.3 is 11.8 Å². The van der Waals surface area contributed by atoms with Gasteiger partial charge in [-0.1, -0.05) is 17.7 Å². The zero-order valence-corrected chi connectivity index (χ0v) is 16.4. The maximum atomic E-state index is 12.3. The van der Waals surface area contributed by atoms with Gasteiger partial charge in [-0.25, -0.2) is 4.98 Å². The Balaban J connectivity index is 1.28. The molecular formula is C21H21ClN4O3. The first-order valence-electron chi connectivity index (χ1n) is 9.54. The Morgan fingerprint density at radius 1 is 1.10 bits per heavy atom. The molecule has 0 unspecified atom stereocenters. The fraction of sp³-hybridized carbons (Fsp3) is 0.286. The van der Waals surface area contributed by atoms with E-state index in [1.807, 2.05) is 24.3 Å². The maximum absolute atomic E-state index is 12.3. The zero-order chi connectivity index (χ0) is 20.2. The van der Waals surface area contributed by atoms with Crippen molar-refractivity contribution in [3.05, 3.63) is 53.8 Å². The van der Waals surface area contributed by atoms with Crippen molar-refractivity contribution < 1.29 is 14.3 Å². The van der Waals surface area contributed by atoms with Crippen LogP contribution in [0.15, 0.2) is 48.8 Å². The average Bonchev–Trinajstić information content (AvgIpc) is 3.12. The number of anilines is 1. The summed E-state index contributed by atoms with van der Waals surface area (Å²) in [6, 6.07) is 10.8. The van der Waals surface area contributed by atoms with E-state index >= 15 is 0 Å². The predicted octanol–water partition coefficient (Wildman–Crippen LogP) is 3.66. The van der Waals surface area contributed by atoms with Gasteiger partial charge in [-0.05, 0) is 49.9 Å². The Labute approximate surface area is 172 Å². The number of fused-ring (bicyclic) bond motifs is 1. The van der Waals surface area contributed by atoms with Gasteiger partial charge in [0, 0.05) is 40.4 Å². The number of aromatic amines is 1. The van der Waals surface area contributed by atoms with Gasteiger partial charge in [0.25, 0.3) is 0 Å².